The number of hydrogen-bond acceptors (Lipinski definition) is 3. The molecule has 3 aromatic rings. The lowest BCUT2D eigenvalue weighted by Crippen LogP contribution is -2.37. The molecule has 0 bridgehead atoms. The molecule has 0 unspecified atom stereocenters. The summed E-state index contributed by atoms with van der Waals surface area (Å²) < 4.78 is 1.73. The van der Waals surface area contributed by atoms with Gasteiger partial charge in [-0.2, -0.15) is 0 Å². The fourth-order valence-electron chi connectivity index (χ4n) is 3.33. The van der Waals surface area contributed by atoms with E-state index in [1.807, 2.05) is 67.7 Å². The van der Waals surface area contributed by atoms with E-state index in [1.165, 1.54) is 0 Å². The van der Waals surface area contributed by atoms with Gasteiger partial charge in [0.05, 0.1) is 17.8 Å². The van der Waals surface area contributed by atoms with Gasteiger partial charge < -0.3 is 10.4 Å². The average molecular weight is 348 g/mol. The number of benzene rings is 2. The van der Waals surface area contributed by atoms with Crippen LogP contribution in [0.5, 0.6) is 0 Å². The number of urea groups is 1. The minimum atomic E-state index is -0.624. The van der Waals surface area contributed by atoms with Crippen LogP contribution in [-0.4, -0.2) is 27.0 Å². The maximum absolute atomic E-state index is 12.4. The molecule has 0 fully saturated rings. The van der Waals surface area contributed by atoms with E-state index in [-0.39, 0.29) is 6.03 Å². The molecule has 0 spiro atoms. The van der Waals surface area contributed by atoms with Crippen LogP contribution < -0.4 is 10.6 Å². The number of hydrogen-bond donors (Lipinski definition) is 3. The molecule has 2 aromatic carbocycles. The van der Waals surface area contributed by atoms with E-state index in [4.69, 9.17) is 0 Å². The van der Waals surface area contributed by atoms with Crippen LogP contribution in [0.4, 0.5) is 10.6 Å². The van der Waals surface area contributed by atoms with Crippen molar-refractivity contribution in [2.24, 2.45) is 0 Å². The number of para-hydroxylation sites is 1. The van der Waals surface area contributed by atoms with Gasteiger partial charge in [0, 0.05) is 18.2 Å². The van der Waals surface area contributed by atoms with Gasteiger partial charge in [0.25, 0.3) is 0 Å². The van der Waals surface area contributed by atoms with Crippen molar-refractivity contribution in [3.05, 3.63) is 77.5 Å². The number of nitrogens with zero attached hydrogens (tertiary/aromatic N) is 2. The highest BCUT2D eigenvalue weighted by atomic mass is 16.3. The normalized spacial score (nSPS) is 18.4. The van der Waals surface area contributed by atoms with Gasteiger partial charge in [0.15, 0.2) is 5.82 Å². The van der Waals surface area contributed by atoms with Crippen molar-refractivity contribution in [2.75, 3.05) is 5.32 Å². The van der Waals surface area contributed by atoms with E-state index in [0.717, 1.165) is 22.4 Å². The molecule has 1 aromatic heterocycles. The van der Waals surface area contributed by atoms with Crippen LogP contribution in [0, 0.1) is 6.92 Å². The molecule has 1 aliphatic carbocycles. The maximum atomic E-state index is 12.4. The van der Waals surface area contributed by atoms with Crippen LogP contribution in [-0.2, 0) is 6.42 Å². The first-order chi connectivity index (χ1) is 12.6. The molecule has 2 atom stereocenters. The zero-order valence-electron chi connectivity index (χ0n) is 14.4. The number of nitrogens with one attached hydrogen (secondary N) is 2. The summed E-state index contributed by atoms with van der Waals surface area (Å²) in [7, 11) is 0. The second kappa shape index (κ2) is 6.65. The van der Waals surface area contributed by atoms with Crippen LogP contribution in [0.15, 0.2) is 60.8 Å². The standard InChI is InChI=1S/C20H20N4O2/c1-13-12-24(15-8-3-2-4-9-15)23-19(13)22-20(26)21-18-16-10-6-5-7-14(16)11-17(18)25/h2-10,12,17-18,25H,11H2,1H3,(H2,21,22,23,26)/t17-,18+/m1/s1. The molecule has 26 heavy (non-hydrogen) atoms. The van der Waals surface area contributed by atoms with Crippen molar-refractivity contribution in [1.29, 1.82) is 0 Å². The van der Waals surface area contributed by atoms with Gasteiger partial charge in [-0.1, -0.05) is 42.5 Å². The van der Waals surface area contributed by atoms with Crippen molar-refractivity contribution >= 4 is 11.8 Å². The quantitative estimate of drug-likeness (QED) is 0.681. The molecular formula is C20H20N4O2. The smallest absolute Gasteiger partial charge is 0.321 e. The molecule has 1 aliphatic rings. The van der Waals surface area contributed by atoms with Gasteiger partial charge in [0.1, 0.15) is 0 Å². The first kappa shape index (κ1) is 16.4. The molecule has 6 nitrogen and oxygen atoms in total. The molecule has 0 saturated heterocycles. The van der Waals surface area contributed by atoms with Crippen LogP contribution in [0.2, 0.25) is 0 Å². The Hall–Kier alpha value is -3.12. The second-order valence-corrected chi connectivity index (χ2v) is 6.49. The van der Waals surface area contributed by atoms with Crippen molar-refractivity contribution in [3.63, 3.8) is 0 Å². The second-order valence-electron chi connectivity index (χ2n) is 6.49. The Morgan fingerprint density at radius 2 is 1.88 bits per heavy atom. The Morgan fingerprint density at radius 1 is 1.15 bits per heavy atom. The average Bonchev–Trinajstić information content (AvgIpc) is 3.16. The van der Waals surface area contributed by atoms with E-state index in [0.29, 0.717) is 12.2 Å². The summed E-state index contributed by atoms with van der Waals surface area (Å²) in [4.78, 5) is 12.4. The molecule has 0 aliphatic heterocycles. The van der Waals surface area contributed by atoms with E-state index in [9.17, 15) is 9.90 Å². The van der Waals surface area contributed by atoms with Gasteiger partial charge in [-0.15, -0.1) is 5.10 Å². The lowest BCUT2D eigenvalue weighted by atomic mass is 10.1. The zero-order chi connectivity index (χ0) is 18.1. The van der Waals surface area contributed by atoms with E-state index in [2.05, 4.69) is 15.7 Å². The van der Waals surface area contributed by atoms with Crippen molar-refractivity contribution in [2.45, 2.75) is 25.5 Å². The lowest BCUT2D eigenvalue weighted by molar-refractivity contribution is 0.144. The summed E-state index contributed by atoms with van der Waals surface area (Å²) in [5, 5.41) is 20.4. The Morgan fingerprint density at radius 3 is 2.69 bits per heavy atom. The number of rotatable bonds is 3. The van der Waals surface area contributed by atoms with Crippen LogP contribution in [0.1, 0.15) is 22.7 Å². The van der Waals surface area contributed by atoms with Crippen molar-refractivity contribution in [1.82, 2.24) is 15.1 Å². The summed E-state index contributed by atoms with van der Waals surface area (Å²) in [5.74, 6) is 0.493. The first-order valence-electron chi connectivity index (χ1n) is 8.57. The van der Waals surface area contributed by atoms with Crippen molar-refractivity contribution < 1.29 is 9.90 Å². The number of aryl methyl sites for hydroxylation is 1. The predicted molar refractivity (Wildman–Crippen MR) is 99.3 cm³/mol. The molecule has 2 amide bonds. The summed E-state index contributed by atoms with van der Waals surface area (Å²) >= 11 is 0. The molecule has 1 heterocycles. The van der Waals surface area contributed by atoms with Gasteiger partial charge >= 0.3 is 6.03 Å². The minimum absolute atomic E-state index is 0.382. The third-order valence-corrected chi connectivity index (χ3v) is 4.64. The van der Waals surface area contributed by atoms with Crippen LogP contribution in [0.3, 0.4) is 0 Å². The first-order valence-corrected chi connectivity index (χ1v) is 8.57. The minimum Gasteiger partial charge on any atom is -0.390 e. The van der Waals surface area contributed by atoms with Crippen molar-refractivity contribution in [3.8, 4) is 5.69 Å². The summed E-state index contributed by atoms with van der Waals surface area (Å²) in [6.45, 7) is 1.89. The predicted octanol–water partition coefficient (Wildman–Crippen LogP) is 2.96. The fourth-order valence-corrected chi connectivity index (χ4v) is 3.33. The number of aliphatic hydroxyl groups excluding tert-OH is 1. The van der Waals surface area contributed by atoms with Gasteiger partial charge in [-0.25, -0.2) is 9.48 Å². The molecule has 3 N–H and O–H groups in total. The SMILES string of the molecule is Cc1cn(-c2ccccc2)nc1NC(=O)N[C@H]1c2ccccc2C[C@H]1O. The number of carbonyl (C=O) groups excluding carboxylic acids is 1. The Labute approximate surface area is 151 Å². The van der Waals surface area contributed by atoms with E-state index < -0.39 is 12.1 Å². The molecule has 132 valence electrons. The zero-order valence-corrected chi connectivity index (χ0v) is 14.4. The largest absolute Gasteiger partial charge is 0.390 e. The lowest BCUT2D eigenvalue weighted by Gasteiger charge is -2.18. The molecule has 4 rings (SSSR count). The third-order valence-electron chi connectivity index (χ3n) is 4.64. The highest BCUT2D eigenvalue weighted by molar-refractivity contribution is 5.89. The molecule has 6 heteroatoms. The van der Waals surface area contributed by atoms with Gasteiger partial charge in [-0.3, -0.25) is 5.32 Å². The van der Waals surface area contributed by atoms with E-state index >= 15 is 0 Å². The van der Waals surface area contributed by atoms with E-state index in [1.54, 1.807) is 4.68 Å². The molecule has 0 radical (unpaired) electrons. The Bertz CT molecular complexity index is 936. The highest BCUT2D eigenvalue weighted by Gasteiger charge is 2.32. The number of anilines is 1. The number of aromatic nitrogens is 2. The third kappa shape index (κ3) is 3.07. The van der Waals surface area contributed by atoms with Crippen LogP contribution >= 0.6 is 0 Å². The number of aliphatic hydroxyl groups is 1. The highest BCUT2D eigenvalue weighted by Crippen LogP contribution is 2.31. The fraction of sp³-hybridized carbons (Fsp3) is 0.200. The van der Waals surface area contributed by atoms with Crippen LogP contribution in [0.25, 0.3) is 5.69 Å². The number of fused-ring (bicyclic) bond motifs is 1. The monoisotopic (exact) mass is 348 g/mol. The van der Waals surface area contributed by atoms with Gasteiger partial charge in [-0.05, 0) is 30.2 Å². The topological polar surface area (TPSA) is 79.2 Å². The number of amides is 2. The molecular weight excluding hydrogens is 328 g/mol. The Kier molecular flexibility index (Phi) is 4.18. The summed E-state index contributed by atoms with van der Waals surface area (Å²) in [6.07, 6.45) is 1.79. The van der Waals surface area contributed by atoms with Gasteiger partial charge in [0.2, 0.25) is 0 Å². The maximum Gasteiger partial charge on any atom is 0.321 e. The Balaban J connectivity index is 1.48. The summed E-state index contributed by atoms with van der Waals surface area (Å²) in [6, 6.07) is 16.7. The summed E-state index contributed by atoms with van der Waals surface area (Å²) in [5.41, 5.74) is 3.80. The molecule has 0 saturated carbocycles. The number of carbonyl (C=O) groups is 1.